The van der Waals surface area contributed by atoms with Crippen molar-refractivity contribution in [1.29, 1.82) is 0 Å². The van der Waals surface area contributed by atoms with Crippen molar-refractivity contribution < 1.29 is 14.3 Å². The van der Waals surface area contributed by atoms with E-state index in [1.165, 1.54) is 11.5 Å². The molecule has 10 heteroatoms. The van der Waals surface area contributed by atoms with E-state index in [-0.39, 0.29) is 12.1 Å². The highest BCUT2D eigenvalue weighted by molar-refractivity contribution is 6.01. The summed E-state index contributed by atoms with van der Waals surface area (Å²) in [4.78, 5) is 44.9. The number of nitrogens with one attached hydrogen (secondary N) is 1. The lowest BCUT2D eigenvalue weighted by atomic mass is 10.2. The van der Waals surface area contributed by atoms with Gasteiger partial charge in [0.15, 0.2) is 5.82 Å². The van der Waals surface area contributed by atoms with Crippen LogP contribution in [-0.2, 0) is 16.1 Å². The second-order valence-corrected chi connectivity index (χ2v) is 7.80. The Morgan fingerprint density at radius 1 is 1.06 bits per heavy atom. The zero-order valence-corrected chi connectivity index (χ0v) is 18.0. The monoisotopic (exact) mass is 446 g/mol. The number of hydrogen-bond donors (Lipinski definition) is 1. The number of rotatable bonds is 5. The number of amides is 1. The second-order valence-electron chi connectivity index (χ2n) is 7.80. The van der Waals surface area contributed by atoms with Crippen molar-refractivity contribution in [1.82, 2.24) is 19.2 Å². The number of nitrogens with zero attached hydrogens (tertiary/aromatic N) is 5. The Bertz CT molecular complexity index is 1430. The van der Waals surface area contributed by atoms with E-state index in [9.17, 15) is 14.4 Å². The van der Waals surface area contributed by atoms with E-state index in [1.54, 1.807) is 24.3 Å². The van der Waals surface area contributed by atoms with Crippen molar-refractivity contribution in [2.45, 2.75) is 19.4 Å². The summed E-state index contributed by atoms with van der Waals surface area (Å²) in [5, 5.41) is 7.15. The molecule has 0 spiro atoms. The van der Waals surface area contributed by atoms with Crippen molar-refractivity contribution in [3.05, 3.63) is 64.6 Å². The van der Waals surface area contributed by atoms with E-state index in [1.807, 2.05) is 24.3 Å². The maximum absolute atomic E-state index is 13.3. The predicted molar refractivity (Wildman–Crippen MR) is 123 cm³/mol. The molecule has 0 aliphatic carbocycles. The molecule has 3 heterocycles. The van der Waals surface area contributed by atoms with Crippen LogP contribution < -0.4 is 15.9 Å². The quantitative estimate of drug-likeness (QED) is 0.467. The van der Waals surface area contributed by atoms with Crippen LogP contribution in [0.3, 0.4) is 0 Å². The lowest BCUT2D eigenvalue weighted by Gasteiger charge is -2.17. The highest BCUT2D eigenvalue weighted by Gasteiger charge is 2.23. The number of aromatic nitrogens is 4. The third-order valence-electron chi connectivity index (χ3n) is 5.69. The molecule has 0 saturated carbocycles. The number of benzene rings is 2. The summed E-state index contributed by atoms with van der Waals surface area (Å²) in [5.74, 6) is -0.418. The average molecular weight is 446 g/mol. The molecule has 1 saturated heterocycles. The SMILES string of the molecule is COC(=O)c1ccccc1NC(=O)Cn1nc2c(N3CCCC3)nc3ccccc3n2c1=O. The van der Waals surface area contributed by atoms with Crippen LogP contribution in [0.4, 0.5) is 11.5 Å². The normalized spacial score (nSPS) is 13.5. The zero-order chi connectivity index (χ0) is 22.9. The number of methoxy groups -OCH3 is 1. The fourth-order valence-corrected chi connectivity index (χ4v) is 4.13. The number of carbonyl (C=O) groups excluding carboxylic acids is 2. The third-order valence-corrected chi connectivity index (χ3v) is 5.69. The highest BCUT2D eigenvalue weighted by atomic mass is 16.5. The van der Waals surface area contributed by atoms with Gasteiger partial charge in [0.1, 0.15) is 6.54 Å². The average Bonchev–Trinajstić information content (AvgIpc) is 3.47. The Hall–Kier alpha value is -4.21. The fraction of sp³-hybridized carbons (Fsp3) is 0.261. The molecule has 10 nitrogen and oxygen atoms in total. The number of ether oxygens (including phenoxy) is 1. The van der Waals surface area contributed by atoms with Crippen molar-refractivity contribution in [3.63, 3.8) is 0 Å². The number of hydrogen-bond acceptors (Lipinski definition) is 7. The summed E-state index contributed by atoms with van der Waals surface area (Å²) in [7, 11) is 1.27. The van der Waals surface area contributed by atoms with Crippen molar-refractivity contribution in [2.75, 3.05) is 30.4 Å². The van der Waals surface area contributed by atoms with Gasteiger partial charge in [0.2, 0.25) is 11.6 Å². The van der Waals surface area contributed by atoms with E-state index < -0.39 is 17.6 Å². The molecule has 1 amide bonds. The fourth-order valence-electron chi connectivity index (χ4n) is 4.13. The minimum absolute atomic E-state index is 0.224. The van der Waals surface area contributed by atoms with Crippen molar-refractivity contribution in [3.8, 4) is 0 Å². The van der Waals surface area contributed by atoms with Gasteiger partial charge in [0.05, 0.1) is 29.4 Å². The van der Waals surface area contributed by atoms with Gasteiger partial charge in [-0.25, -0.2) is 23.7 Å². The molecule has 5 rings (SSSR count). The standard InChI is InChI=1S/C23H22N6O4/c1-33-22(31)15-8-2-3-9-16(15)24-19(30)14-28-23(32)29-18-11-5-4-10-17(18)25-20(21(29)26-28)27-12-6-7-13-27/h2-5,8-11H,6-7,12-14H2,1H3,(H,24,30). The molecule has 1 N–H and O–H groups in total. The van der Waals surface area contributed by atoms with Gasteiger partial charge in [0, 0.05) is 13.1 Å². The molecule has 2 aromatic carbocycles. The lowest BCUT2D eigenvalue weighted by molar-refractivity contribution is -0.117. The smallest absolute Gasteiger partial charge is 0.351 e. The summed E-state index contributed by atoms with van der Waals surface area (Å²) in [5.41, 5.74) is 1.83. The molecule has 0 bridgehead atoms. The van der Waals surface area contributed by atoms with Gasteiger partial charge in [-0.05, 0) is 37.1 Å². The molecule has 33 heavy (non-hydrogen) atoms. The maximum atomic E-state index is 13.3. The molecule has 0 unspecified atom stereocenters. The highest BCUT2D eigenvalue weighted by Crippen LogP contribution is 2.25. The third kappa shape index (κ3) is 3.69. The zero-order valence-electron chi connectivity index (χ0n) is 18.0. The van der Waals surface area contributed by atoms with Gasteiger partial charge in [-0.2, -0.15) is 0 Å². The first-order chi connectivity index (χ1) is 16.1. The van der Waals surface area contributed by atoms with Gasteiger partial charge >= 0.3 is 11.7 Å². The first-order valence-corrected chi connectivity index (χ1v) is 10.7. The summed E-state index contributed by atoms with van der Waals surface area (Å²) in [6.07, 6.45) is 2.10. The number of carbonyl (C=O) groups is 2. The topological polar surface area (TPSA) is 111 Å². The van der Waals surface area contributed by atoms with Crippen LogP contribution in [0.2, 0.25) is 0 Å². The number of anilines is 2. The minimum atomic E-state index is -0.566. The summed E-state index contributed by atoms with van der Waals surface area (Å²) in [6, 6.07) is 13.9. The molecule has 168 valence electrons. The van der Waals surface area contributed by atoms with Crippen LogP contribution in [0.1, 0.15) is 23.2 Å². The second kappa shape index (κ2) is 8.38. The largest absolute Gasteiger partial charge is 0.465 e. The Morgan fingerprint density at radius 3 is 2.58 bits per heavy atom. The molecular formula is C23H22N6O4. The van der Waals surface area contributed by atoms with Crippen LogP contribution in [0.25, 0.3) is 16.7 Å². The summed E-state index contributed by atoms with van der Waals surface area (Å²) in [6.45, 7) is 1.36. The van der Waals surface area contributed by atoms with E-state index in [4.69, 9.17) is 9.72 Å². The molecule has 4 aromatic rings. The first-order valence-electron chi connectivity index (χ1n) is 10.7. The molecule has 2 aromatic heterocycles. The van der Waals surface area contributed by atoms with E-state index in [0.717, 1.165) is 30.6 Å². The minimum Gasteiger partial charge on any atom is -0.465 e. The van der Waals surface area contributed by atoms with Gasteiger partial charge < -0.3 is 15.0 Å². The van der Waals surface area contributed by atoms with Crippen LogP contribution in [0, 0.1) is 0 Å². The Kier molecular flexibility index (Phi) is 5.25. The van der Waals surface area contributed by atoms with Gasteiger partial charge in [-0.3, -0.25) is 4.79 Å². The lowest BCUT2D eigenvalue weighted by Crippen LogP contribution is -2.29. The number of esters is 1. The van der Waals surface area contributed by atoms with E-state index >= 15 is 0 Å². The Morgan fingerprint density at radius 2 is 1.79 bits per heavy atom. The maximum Gasteiger partial charge on any atom is 0.351 e. The molecule has 1 aliphatic heterocycles. The van der Waals surface area contributed by atoms with Crippen molar-refractivity contribution >= 4 is 40.1 Å². The number of fused-ring (bicyclic) bond motifs is 3. The van der Waals surface area contributed by atoms with E-state index in [2.05, 4.69) is 15.3 Å². The molecule has 1 aliphatic rings. The first kappa shape index (κ1) is 20.7. The van der Waals surface area contributed by atoms with Crippen LogP contribution in [0.15, 0.2) is 53.3 Å². The van der Waals surface area contributed by atoms with Crippen LogP contribution in [-0.4, -0.2) is 51.2 Å². The van der Waals surface area contributed by atoms with Gasteiger partial charge in [0.25, 0.3) is 0 Å². The van der Waals surface area contributed by atoms with Crippen molar-refractivity contribution in [2.24, 2.45) is 0 Å². The molecule has 1 fully saturated rings. The Balaban J connectivity index is 1.53. The molecular weight excluding hydrogens is 424 g/mol. The summed E-state index contributed by atoms with van der Waals surface area (Å²) >= 11 is 0. The van der Waals surface area contributed by atoms with Gasteiger partial charge in [-0.15, -0.1) is 5.10 Å². The predicted octanol–water partition coefficient (Wildman–Crippen LogP) is 2.07. The Labute approximate surface area is 188 Å². The van der Waals surface area contributed by atoms with Crippen LogP contribution >= 0.6 is 0 Å². The molecule has 0 radical (unpaired) electrons. The van der Waals surface area contributed by atoms with Gasteiger partial charge in [-0.1, -0.05) is 24.3 Å². The number of para-hydroxylation sites is 3. The summed E-state index contributed by atoms with van der Waals surface area (Å²) < 4.78 is 7.40. The van der Waals surface area contributed by atoms with E-state index in [0.29, 0.717) is 28.2 Å². The molecule has 0 atom stereocenters. The van der Waals surface area contributed by atoms with Crippen LogP contribution in [0.5, 0.6) is 0 Å².